The summed E-state index contributed by atoms with van der Waals surface area (Å²) in [6.07, 6.45) is 4.49. The van der Waals surface area contributed by atoms with Gasteiger partial charge in [0.2, 0.25) is 0 Å². The molecule has 3 unspecified atom stereocenters. The predicted octanol–water partition coefficient (Wildman–Crippen LogP) is 2.26. The van der Waals surface area contributed by atoms with Gasteiger partial charge in [-0.05, 0) is 43.3 Å². The highest BCUT2D eigenvalue weighted by Gasteiger charge is 2.35. The third kappa shape index (κ3) is 2.11. The smallest absolute Gasteiger partial charge is 0.194 e. The first-order valence-corrected chi connectivity index (χ1v) is 7.51. The van der Waals surface area contributed by atoms with E-state index in [1.807, 2.05) is 6.20 Å². The van der Waals surface area contributed by atoms with Crippen LogP contribution in [0.4, 0.5) is 0 Å². The number of guanidine groups is 1. The molecule has 1 aromatic rings. The molecule has 0 saturated carbocycles. The van der Waals surface area contributed by atoms with Crippen LogP contribution in [0.3, 0.4) is 0 Å². The Morgan fingerprint density at radius 2 is 2.44 bits per heavy atom. The summed E-state index contributed by atoms with van der Waals surface area (Å²) in [6.45, 7) is 6.63. The van der Waals surface area contributed by atoms with E-state index >= 15 is 0 Å². The Balaban J connectivity index is 1.67. The average Bonchev–Trinajstić information content (AvgIpc) is 2.99. The van der Waals surface area contributed by atoms with E-state index in [-0.39, 0.29) is 0 Å². The Kier molecular flexibility index (Phi) is 3.24. The molecule has 1 N–H and O–H groups in total. The molecule has 0 aliphatic carbocycles. The number of rotatable bonds is 2. The topological polar surface area (TPSA) is 40.5 Å². The quantitative estimate of drug-likeness (QED) is 0.891. The molecule has 3 heterocycles. The van der Waals surface area contributed by atoms with Gasteiger partial charge in [0.05, 0.1) is 18.6 Å². The van der Waals surface area contributed by atoms with Crippen molar-refractivity contribution in [2.75, 3.05) is 13.1 Å². The lowest BCUT2D eigenvalue weighted by Crippen LogP contribution is -2.49. The summed E-state index contributed by atoms with van der Waals surface area (Å²) in [4.78, 5) is 8.43. The van der Waals surface area contributed by atoms with E-state index in [4.69, 9.17) is 4.99 Å². The molecule has 0 amide bonds. The maximum absolute atomic E-state index is 4.70. The molecule has 4 nitrogen and oxygen atoms in total. The van der Waals surface area contributed by atoms with E-state index in [2.05, 4.69) is 34.5 Å². The molecule has 0 aromatic carbocycles. The van der Waals surface area contributed by atoms with Crippen LogP contribution in [0.1, 0.15) is 37.6 Å². The standard InChI is InChI=1S/C13H20N4S/c1-9-4-3-7-17-11(9)8-14-13(17)16-10(2)12-5-6-15-18-12/h5-6,9-11H,3-4,7-8H2,1-2H3,(H,14,16). The number of nitrogens with one attached hydrogen (secondary N) is 1. The van der Waals surface area contributed by atoms with Crippen molar-refractivity contribution in [1.82, 2.24) is 14.6 Å². The van der Waals surface area contributed by atoms with Crippen molar-refractivity contribution in [3.63, 3.8) is 0 Å². The Hall–Kier alpha value is -1.10. The van der Waals surface area contributed by atoms with E-state index < -0.39 is 0 Å². The van der Waals surface area contributed by atoms with Crippen LogP contribution in [0.15, 0.2) is 17.3 Å². The number of aromatic nitrogens is 1. The summed E-state index contributed by atoms with van der Waals surface area (Å²) in [7, 11) is 0. The van der Waals surface area contributed by atoms with Crippen LogP contribution >= 0.6 is 11.5 Å². The first-order chi connectivity index (χ1) is 8.75. The van der Waals surface area contributed by atoms with E-state index in [0.717, 1.165) is 25.0 Å². The molecule has 1 fully saturated rings. The summed E-state index contributed by atoms with van der Waals surface area (Å²) >= 11 is 1.56. The number of fused-ring (bicyclic) bond motifs is 1. The van der Waals surface area contributed by atoms with Gasteiger partial charge < -0.3 is 10.2 Å². The molecule has 3 rings (SSSR count). The minimum absolute atomic E-state index is 0.298. The maximum Gasteiger partial charge on any atom is 0.194 e. The van der Waals surface area contributed by atoms with Crippen LogP contribution in [0.5, 0.6) is 0 Å². The van der Waals surface area contributed by atoms with Gasteiger partial charge in [0.25, 0.3) is 0 Å². The highest BCUT2D eigenvalue weighted by atomic mass is 32.1. The van der Waals surface area contributed by atoms with Gasteiger partial charge in [-0.15, -0.1) is 0 Å². The van der Waals surface area contributed by atoms with E-state index in [1.165, 1.54) is 17.7 Å². The van der Waals surface area contributed by atoms with Crippen LogP contribution in [0, 0.1) is 5.92 Å². The fraction of sp³-hybridized carbons (Fsp3) is 0.692. The highest BCUT2D eigenvalue weighted by Crippen LogP contribution is 2.27. The number of aliphatic imine (C=N–C) groups is 1. The summed E-state index contributed by atoms with van der Waals surface area (Å²) < 4.78 is 4.16. The molecule has 18 heavy (non-hydrogen) atoms. The van der Waals surface area contributed by atoms with E-state index in [9.17, 15) is 0 Å². The lowest BCUT2D eigenvalue weighted by atomic mass is 9.92. The molecule has 3 atom stereocenters. The van der Waals surface area contributed by atoms with Crippen molar-refractivity contribution >= 4 is 17.5 Å². The summed E-state index contributed by atoms with van der Waals surface area (Å²) in [5, 5.41) is 3.55. The normalized spacial score (nSPS) is 28.8. The molecule has 0 spiro atoms. The minimum atomic E-state index is 0.298. The van der Waals surface area contributed by atoms with Gasteiger partial charge in [-0.25, -0.2) is 4.37 Å². The van der Waals surface area contributed by atoms with Gasteiger partial charge in [-0.3, -0.25) is 4.99 Å². The molecule has 5 heteroatoms. The monoisotopic (exact) mass is 264 g/mol. The molecule has 98 valence electrons. The van der Waals surface area contributed by atoms with Crippen molar-refractivity contribution in [1.29, 1.82) is 0 Å². The molecule has 2 aliphatic rings. The van der Waals surface area contributed by atoms with Crippen LogP contribution in [-0.2, 0) is 0 Å². The second kappa shape index (κ2) is 4.88. The van der Waals surface area contributed by atoms with E-state index in [0.29, 0.717) is 12.1 Å². The Labute approximate surface area is 112 Å². The second-order valence-electron chi connectivity index (χ2n) is 5.33. The zero-order valence-electron chi connectivity index (χ0n) is 11.0. The molecular weight excluding hydrogens is 244 g/mol. The fourth-order valence-electron chi connectivity index (χ4n) is 2.90. The third-order valence-electron chi connectivity index (χ3n) is 4.05. The first kappa shape index (κ1) is 12.0. The van der Waals surface area contributed by atoms with Gasteiger partial charge in [0.1, 0.15) is 0 Å². The lowest BCUT2D eigenvalue weighted by molar-refractivity contribution is 0.194. The van der Waals surface area contributed by atoms with Crippen LogP contribution in [0.25, 0.3) is 0 Å². The Morgan fingerprint density at radius 3 is 3.22 bits per heavy atom. The number of nitrogens with zero attached hydrogens (tertiary/aromatic N) is 3. The molecule has 0 radical (unpaired) electrons. The minimum Gasteiger partial charge on any atom is -0.349 e. The SMILES string of the molecule is CC(NC1=NCC2C(C)CCCN12)c1ccns1. The van der Waals surface area contributed by atoms with Gasteiger partial charge in [-0.1, -0.05) is 6.92 Å². The van der Waals surface area contributed by atoms with Crippen LogP contribution < -0.4 is 5.32 Å². The molecule has 0 bridgehead atoms. The zero-order chi connectivity index (χ0) is 12.5. The number of piperidine rings is 1. The van der Waals surface area contributed by atoms with Gasteiger partial charge >= 0.3 is 0 Å². The zero-order valence-corrected chi connectivity index (χ0v) is 11.8. The fourth-order valence-corrected chi connectivity index (χ4v) is 3.49. The van der Waals surface area contributed by atoms with Crippen molar-refractivity contribution in [2.45, 2.75) is 38.8 Å². The molecule has 1 saturated heterocycles. The Bertz CT molecular complexity index is 428. The van der Waals surface area contributed by atoms with Gasteiger partial charge in [-0.2, -0.15) is 0 Å². The predicted molar refractivity (Wildman–Crippen MR) is 74.9 cm³/mol. The maximum atomic E-state index is 4.70. The summed E-state index contributed by atoms with van der Waals surface area (Å²) in [5.74, 6) is 1.85. The van der Waals surface area contributed by atoms with Crippen LogP contribution in [0.2, 0.25) is 0 Å². The highest BCUT2D eigenvalue weighted by molar-refractivity contribution is 7.05. The molecule has 1 aromatic heterocycles. The van der Waals surface area contributed by atoms with E-state index in [1.54, 1.807) is 11.5 Å². The van der Waals surface area contributed by atoms with Crippen molar-refractivity contribution in [3.05, 3.63) is 17.1 Å². The second-order valence-corrected chi connectivity index (χ2v) is 6.19. The van der Waals surface area contributed by atoms with Gasteiger partial charge in [0, 0.05) is 17.6 Å². The lowest BCUT2D eigenvalue weighted by Gasteiger charge is -2.37. The molecule has 2 aliphatic heterocycles. The third-order valence-corrected chi connectivity index (χ3v) is 4.97. The summed E-state index contributed by atoms with van der Waals surface area (Å²) in [5.41, 5.74) is 0. The van der Waals surface area contributed by atoms with Crippen LogP contribution in [-0.4, -0.2) is 34.4 Å². The van der Waals surface area contributed by atoms with Crippen molar-refractivity contribution < 1.29 is 0 Å². The molecular formula is C13H20N4S. The number of hydrogen-bond donors (Lipinski definition) is 1. The van der Waals surface area contributed by atoms with Crippen molar-refractivity contribution in [3.8, 4) is 0 Å². The Morgan fingerprint density at radius 1 is 1.56 bits per heavy atom. The summed E-state index contributed by atoms with van der Waals surface area (Å²) in [6, 6.07) is 3.00. The largest absolute Gasteiger partial charge is 0.349 e. The number of hydrogen-bond acceptors (Lipinski definition) is 5. The van der Waals surface area contributed by atoms with Crippen molar-refractivity contribution in [2.24, 2.45) is 10.9 Å². The average molecular weight is 264 g/mol. The van der Waals surface area contributed by atoms with Gasteiger partial charge in [0.15, 0.2) is 5.96 Å². The first-order valence-electron chi connectivity index (χ1n) is 6.74.